The normalized spacial score (nSPS) is 12.0. The van der Waals surface area contributed by atoms with E-state index < -0.39 is 6.09 Å². The standard InChI is InChI=1S/C19H24N2O3S/c1-4-9-17(5-2)25-14-16(12-18(22)20-3)21-19(23)24-13-15-10-7-6-8-11-15/h4-11,16H,1-2,12-14H2,3H3,(H,20,22)(H,21,23)/b17-9+. The van der Waals surface area contributed by atoms with E-state index in [2.05, 4.69) is 23.8 Å². The van der Waals surface area contributed by atoms with Crippen LogP contribution in [-0.2, 0) is 16.1 Å². The summed E-state index contributed by atoms with van der Waals surface area (Å²) in [4.78, 5) is 24.6. The van der Waals surface area contributed by atoms with Crippen LogP contribution in [0.5, 0.6) is 0 Å². The highest BCUT2D eigenvalue weighted by molar-refractivity contribution is 8.03. The summed E-state index contributed by atoms with van der Waals surface area (Å²) in [6, 6.07) is 9.05. The third kappa shape index (κ3) is 8.81. The molecule has 0 saturated heterocycles. The second-order valence-corrected chi connectivity index (χ2v) is 6.19. The molecule has 1 aromatic rings. The van der Waals surface area contributed by atoms with Crippen molar-refractivity contribution in [3.05, 3.63) is 72.2 Å². The molecule has 0 fully saturated rings. The van der Waals surface area contributed by atoms with Crippen molar-refractivity contribution in [1.82, 2.24) is 10.6 Å². The van der Waals surface area contributed by atoms with Gasteiger partial charge in [-0.1, -0.05) is 55.6 Å². The van der Waals surface area contributed by atoms with Gasteiger partial charge in [0.1, 0.15) is 6.61 Å². The molecule has 5 nitrogen and oxygen atoms in total. The van der Waals surface area contributed by atoms with Crippen molar-refractivity contribution in [2.75, 3.05) is 12.8 Å². The average molecular weight is 360 g/mol. The molecular formula is C19H24N2O3S. The number of hydrogen-bond donors (Lipinski definition) is 2. The Labute approximate surface area is 153 Å². The predicted octanol–water partition coefficient (Wildman–Crippen LogP) is 3.41. The highest BCUT2D eigenvalue weighted by atomic mass is 32.2. The summed E-state index contributed by atoms with van der Waals surface area (Å²) < 4.78 is 5.21. The number of rotatable bonds is 10. The first-order valence-corrected chi connectivity index (χ1v) is 8.83. The fourth-order valence-electron chi connectivity index (χ4n) is 1.90. The van der Waals surface area contributed by atoms with Gasteiger partial charge in [-0.15, -0.1) is 11.8 Å². The van der Waals surface area contributed by atoms with E-state index >= 15 is 0 Å². The number of ether oxygens (including phenoxy) is 1. The molecule has 2 amide bonds. The van der Waals surface area contributed by atoms with E-state index in [0.29, 0.717) is 5.75 Å². The number of carbonyl (C=O) groups excluding carboxylic acids is 2. The van der Waals surface area contributed by atoms with Crippen molar-refractivity contribution in [3.63, 3.8) is 0 Å². The van der Waals surface area contributed by atoms with Crippen molar-refractivity contribution in [2.24, 2.45) is 0 Å². The predicted molar refractivity (Wildman–Crippen MR) is 103 cm³/mol. The molecule has 1 unspecified atom stereocenters. The molecule has 1 aromatic carbocycles. The van der Waals surface area contributed by atoms with Gasteiger partial charge in [-0.25, -0.2) is 4.79 Å². The van der Waals surface area contributed by atoms with Gasteiger partial charge in [-0.05, 0) is 11.6 Å². The van der Waals surface area contributed by atoms with E-state index in [1.54, 1.807) is 19.2 Å². The molecule has 6 heteroatoms. The van der Waals surface area contributed by atoms with Gasteiger partial charge in [0, 0.05) is 24.1 Å². The average Bonchev–Trinajstić information content (AvgIpc) is 2.63. The van der Waals surface area contributed by atoms with Gasteiger partial charge in [0.2, 0.25) is 5.91 Å². The van der Waals surface area contributed by atoms with Crippen LogP contribution in [0.25, 0.3) is 0 Å². The molecule has 0 bridgehead atoms. The van der Waals surface area contributed by atoms with Crippen molar-refractivity contribution in [2.45, 2.75) is 19.1 Å². The Morgan fingerprint density at radius 2 is 2.00 bits per heavy atom. The topological polar surface area (TPSA) is 67.4 Å². The summed E-state index contributed by atoms with van der Waals surface area (Å²) in [6.07, 6.45) is 4.81. The Bertz CT molecular complexity index is 614. The number of carbonyl (C=O) groups is 2. The summed E-state index contributed by atoms with van der Waals surface area (Å²) in [7, 11) is 1.56. The molecule has 0 saturated carbocycles. The monoisotopic (exact) mass is 360 g/mol. The maximum atomic E-state index is 12.0. The molecule has 0 radical (unpaired) electrons. The molecule has 0 spiro atoms. The zero-order chi connectivity index (χ0) is 18.5. The van der Waals surface area contributed by atoms with Crippen molar-refractivity contribution in [3.8, 4) is 0 Å². The van der Waals surface area contributed by atoms with Crippen LogP contribution in [0.4, 0.5) is 4.79 Å². The van der Waals surface area contributed by atoms with Crippen LogP contribution in [0.2, 0.25) is 0 Å². The number of nitrogens with one attached hydrogen (secondary N) is 2. The van der Waals surface area contributed by atoms with E-state index in [-0.39, 0.29) is 25.0 Å². The second kappa shape index (κ2) is 12.0. The highest BCUT2D eigenvalue weighted by Gasteiger charge is 2.17. The molecule has 2 N–H and O–H groups in total. The minimum atomic E-state index is -0.550. The summed E-state index contributed by atoms with van der Waals surface area (Å²) >= 11 is 1.48. The third-order valence-corrected chi connectivity index (χ3v) is 4.38. The molecule has 25 heavy (non-hydrogen) atoms. The number of allylic oxidation sites excluding steroid dienone is 3. The van der Waals surface area contributed by atoms with Crippen LogP contribution in [0.1, 0.15) is 12.0 Å². The van der Waals surface area contributed by atoms with Crippen molar-refractivity contribution < 1.29 is 14.3 Å². The van der Waals surface area contributed by atoms with Gasteiger partial charge in [0.25, 0.3) is 0 Å². The fourth-order valence-corrected chi connectivity index (χ4v) is 2.80. The molecule has 0 aliphatic heterocycles. The number of hydrogen-bond acceptors (Lipinski definition) is 4. The minimum Gasteiger partial charge on any atom is -0.445 e. The zero-order valence-electron chi connectivity index (χ0n) is 14.4. The maximum Gasteiger partial charge on any atom is 0.407 e. The summed E-state index contributed by atoms with van der Waals surface area (Å²) in [6.45, 7) is 7.56. The molecule has 134 valence electrons. The Morgan fingerprint density at radius 3 is 2.60 bits per heavy atom. The van der Waals surface area contributed by atoms with Gasteiger partial charge in [0.15, 0.2) is 0 Å². The summed E-state index contributed by atoms with van der Waals surface area (Å²) in [5.74, 6) is 0.362. The maximum absolute atomic E-state index is 12.0. The number of alkyl carbamates (subject to hydrolysis) is 1. The first-order chi connectivity index (χ1) is 12.1. The lowest BCUT2D eigenvalue weighted by molar-refractivity contribution is -0.120. The van der Waals surface area contributed by atoms with Crippen LogP contribution < -0.4 is 10.6 Å². The number of benzene rings is 1. The lowest BCUT2D eigenvalue weighted by atomic mass is 10.2. The lowest BCUT2D eigenvalue weighted by Crippen LogP contribution is -2.40. The van der Waals surface area contributed by atoms with Crippen LogP contribution in [-0.4, -0.2) is 30.8 Å². The SMILES string of the molecule is C=C/C=C(\C=C)SCC(CC(=O)NC)NC(=O)OCc1ccccc1. The van der Waals surface area contributed by atoms with Crippen LogP contribution in [0.15, 0.2) is 66.6 Å². The molecule has 0 heterocycles. The zero-order valence-corrected chi connectivity index (χ0v) is 15.2. The van der Waals surface area contributed by atoms with E-state index in [1.807, 2.05) is 36.4 Å². The Balaban J connectivity index is 2.57. The largest absolute Gasteiger partial charge is 0.445 e. The molecule has 0 aliphatic carbocycles. The Hall–Kier alpha value is -2.47. The Morgan fingerprint density at radius 1 is 1.28 bits per heavy atom. The van der Waals surface area contributed by atoms with Gasteiger partial charge < -0.3 is 15.4 Å². The van der Waals surface area contributed by atoms with E-state index in [1.165, 1.54) is 11.8 Å². The first kappa shape index (κ1) is 20.6. The molecule has 0 aliphatic rings. The summed E-state index contributed by atoms with van der Waals surface area (Å²) in [5.41, 5.74) is 0.901. The van der Waals surface area contributed by atoms with Crippen molar-refractivity contribution >= 4 is 23.8 Å². The van der Waals surface area contributed by atoms with E-state index in [4.69, 9.17) is 4.74 Å². The van der Waals surface area contributed by atoms with Crippen LogP contribution in [0.3, 0.4) is 0 Å². The molecule has 1 rings (SSSR count). The Kier molecular flexibility index (Phi) is 9.85. The molecule has 1 atom stereocenters. The minimum absolute atomic E-state index is 0.151. The number of amides is 2. The molecule has 0 aromatic heterocycles. The van der Waals surface area contributed by atoms with E-state index in [9.17, 15) is 9.59 Å². The lowest BCUT2D eigenvalue weighted by Gasteiger charge is -2.18. The smallest absolute Gasteiger partial charge is 0.407 e. The van der Waals surface area contributed by atoms with Crippen LogP contribution >= 0.6 is 11.8 Å². The van der Waals surface area contributed by atoms with Gasteiger partial charge in [-0.3, -0.25) is 4.79 Å². The molecular weight excluding hydrogens is 336 g/mol. The first-order valence-electron chi connectivity index (χ1n) is 7.84. The van der Waals surface area contributed by atoms with Crippen LogP contribution in [0, 0.1) is 0 Å². The highest BCUT2D eigenvalue weighted by Crippen LogP contribution is 2.18. The fraction of sp³-hybridized carbons (Fsp3) is 0.263. The van der Waals surface area contributed by atoms with E-state index in [0.717, 1.165) is 10.5 Å². The van der Waals surface area contributed by atoms with Gasteiger partial charge >= 0.3 is 6.09 Å². The second-order valence-electron chi connectivity index (χ2n) is 5.10. The van der Waals surface area contributed by atoms with Crippen molar-refractivity contribution in [1.29, 1.82) is 0 Å². The third-order valence-electron chi connectivity index (χ3n) is 3.18. The van der Waals surface area contributed by atoms with Gasteiger partial charge in [-0.2, -0.15) is 0 Å². The van der Waals surface area contributed by atoms with Gasteiger partial charge in [0.05, 0.1) is 6.04 Å². The quantitative estimate of drug-likeness (QED) is 0.628. The number of thioether (sulfide) groups is 1. The summed E-state index contributed by atoms with van der Waals surface area (Å²) in [5, 5.41) is 5.31.